The molecule has 0 aliphatic heterocycles. The van der Waals surface area contributed by atoms with E-state index in [4.69, 9.17) is 4.74 Å². The average molecular weight is 249 g/mol. The fraction of sp³-hybridized carbons (Fsp3) is 0.625. The summed E-state index contributed by atoms with van der Waals surface area (Å²) < 4.78 is 6.00. The van der Waals surface area contributed by atoms with E-state index in [1.54, 1.807) is 0 Å². The first-order valence-electron chi connectivity index (χ1n) is 7.16. The van der Waals surface area contributed by atoms with Crippen molar-refractivity contribution in [3.8, 4) is 5.75 Å². The second-order valence-corrected chi connectivity index (χ2v) is 4.82. The smallest absolute Gasteiger partial charge is 0.122 e. The van der Waals surface area contributed by atoms with Gasteiger partial charge in [-0.25, -0.2) is 0 Å². The summed E-state index contributed by atoms with van der Waals surface area (Å²) in [4.78, 5) is 0. The summed E-state index contributed by atoms with van der Waals surface area (Å²) in [6, 6.07) is 8.76. The molecule has 1 aromatic rings. The molecule has 1 rings (SSSR count). The van der Waals surface area contributed by atoms with Gasteiger partial charge in [-0.15, -0.1) is 0 Å². The van der Waals surface area contributed by atoms with Crippen LogP contribution in [0.25, 0.3) is 0 Å². The van der Waals surface area contributed by atoms with Crippen LogP contribution in [0.15, 0.2) is 24.3 Å². The van der Waals surface area contributed by atoms with E-state index in [1.807, 2.05) is 6.07 Å². The summed E-state index contributed by atoms with van der Waals surface area (Å²) in [7, 11) is 0. The van der Waals surface area contributed by atoms with Gasteiger partial charge in [0.15, 0.2) is 0 Å². The molecule has 0 bridgehead atoms. The average Bonchev–Trinajstić information content (AvgIpc) is 2.42. The molecule has 0 saturated carbocycles. The molecule has 0 aliphatic carbocycles. The largest absolute Gasteiger partial charge is 0.492 e. The zero-order valence-corrected chi connectivity index (χ0v) is 12.2. The van der Waals surface area contributed by atoms with Gasteiger partial charge in [-0.3, -0.25) is 0 Å². The minimum absolute atomic E-state index is 0.435. The molecule has 0 saturated heterocycles. The molecule has 0 heterocycles. The lowest BCUT2D eigenvalue weighted by Gasteiger charge is -2.24. The van der Waals surface area contributed by atoms with Gasteiger partial charge in [0.1, 0.15) is 12.4 Å². The van der Waals surface area contributed by atoms with Gasteiger partial charge >= 0.3 is 0 Å². The van der Waals surface area contributed by atoms with Crippen molar-refractivity contribution in [2.24, 2.45) is 5.92 Å². The molecule has 2 unspecified atom stereocenters. The molecular weight excluding hydrogens is 222 g/mol. The summed E-state index contributed by atoms with van der Waals surface area (Å²) in [6.45, 7) is 10.6. The summed E-state index contributed by atoms with van der Waals surface area (Å²) >= 11 is 0. The molecule has 1 N–H and O–H groups in total. The van der Waals surface area contributed by atoms with Crippen LogP contribution < -0.4 is 10.1 Å². The van der Waals surface area contributed by atoms with Gasteiger partial charge < -0.3 is 10.1 Å². The van der Waals surface area contributed by atoms with Crippen LogP contribution in [0.3, 0.4) is 0 Å². The van der Waals surface area contributed by atoms with Crippen LogP contribution in [0, 0.1) is 5.92 Å². The Morgan fingerprint density at radius 3 is 2.50 bits per heavy atom. The first kappa shape index (κ1) is 15.0. The van der Waals surface area contributed by atoms with Crippen molar-refractivity contribution in [3.63, 3.8) is 0 Å². The molecule has 0 radical (unpaired) electrons. The second kappa shape index (κ2) is 8.15. The Labute approximate surface area is 112 Å². The molecule has 1 aromatic carbocycles. The van der Waals surface area contributed by atoms with Gasteiger partial charge in [0, 0.05) is 6.04 Å². The molecule has 0 fully saturated rings. The van der Waals surface area contributed by atoms with Gasteiger partial charge in [0.25, 0.3) is 0 Å². The van der Waals surface area contributed by atoms with E-state index < -0.39 is 0 Å². The lowest BCUT2D eigenvalue weighted by Crippen LogP contribution is -2.39. The monoisotopic (exact) mass is 249 g/mol. The fourth-order valence-electron chi connectivity index (χ4n) is 2.09. The van der Waals surface area contributed by atoms with E-state index in [0.717, 1.165) is 25.3 Å². The van der Waals surface area contributed by atoms with Crippen LogP contribution in [-0.2, 0) is 6.42 Å². The van der Waals surface area contributed by atoms with Crippen molar-refractivity contribution in [2.45, 2.75) is 46.6 Å². The van der Waals surface area contributed by atoms with E-state index >= 15 is 0 Å². The van der Waals surface area contributed by atoms with Crippen LogP contribution in [0.2, 0.25) is 0 Å². The zero-order valence-electron chi connectivity index (χ0n) is 12.2. The molecule has 0 aromatic heterocycles. The lowest BCUT2D eigenvalue weighted by atomic mass is 10.00. The fourth-order valence-corrected chi connectivity index (χ4v) is 2.09. The summed E-state index contributed by atoms with van der Waals surface area (Å²) in [5, 5.41) is 3.52. The summed E-state index contributed by atoms with van der Waals surface area (Å²) in [5.74, 6) is 1.67. The van der Waals surface area contributed by atoms with Crippen molar-refractivity contribution in [1.82, 2.24) is 5.32 Å². The standard InChI is InChI=1S/C16H27NO/c1-5-13(4)15(17-7-3)12-18-16-11-9-8-10-14(16)6-2/h8-11,13,15,17H,5-7,12H2,1-4H3. The highest BCUT2D eigenvalue weighted by Crippen LogP contribution is 2.19. The normalized spacial score (nSPS) is 14.2. The van der Waals surface area contributed by atoms with Crippen LogP contribution in [0.1, 0.15) is 39.7 Å². The number of para-hydroxylation sites is 1. The highest BCUT2D eigenvalue weighted by Gasteiger charge is 2.15. The number of aryl methyl sites for hydroxylation is 1. The van der Waals surface area contributed by atoms with E-state index in [-0.39, 0.29) is 0 Å². The number of rotatable bonds is 8. The Balaban J connectivity index is 2.60. The number of nitrogens with one attached hydrogen (secondary N) is 1. The van der Waals surface area contributed by atoms with Crippen LogP contribution >= 0.6 is 0 Å². The number of likely N-dealkylation sites (N-methyl/N-ethyl adjacent to an activating group) is 1. The Morgan fingerprint density at radius 1 is 1.17 bits per heavy atom. The molecular formula is C16H27NO. The molecule has 0 spiro atoms. The molecule has 18 heavy (non-hydrogen) atoms. The van der Waals surface area contributed by atoms with Gasteiger partial charge in [0.2, 0.25) is 0 Å². The molecule has 2 heteroatoms. The number of hydrogen-bond acceptors (Lipinski definition) is 2. The Morgan fingerprint density at radius 2 is 1.89 bits per heavy atom. The predicted octanol–water partition coefficient (Wildman–Crippen LogP) is 3.65. The Hall–Kier alpha value is -1.02. The van der Waals surface area contributed by atoms with Crippen molar-refractivity contribution in [2.75, 3.05) is 13.2 Å². The van der Waals surface area contributed by atoms with Crippen LogP contribution in [-0.4, -0.2) is 19.2 Å². The van der Waals surface area contributed by atoms with Crippen LogP contribution in [0.4, 0.5) is 0 Å². The SMILES string of the molecule is CCNC(COc1ccccc1CC)C(C)CC. The van der Waals surface area contributed by atoms with Gasteiger partial charge in [-0.05, 0) is 30.5 Å². The van der Waals surface area contributed by atoms with E-state index in [2.05, 4.69) is 51.2 Å². The number of benzene rings is 1. The molecule has 2 nitrogen and oxygen atoms in total. The van der Waals surface area contributed by atoms with Crippen molar-refractivity contribution in [1.29, 1.82) is 0 Å². The maximum atomic E-state index is 6.00. The van der Waals surface area contributed by atoms with Crippen molar-refractivity contribution in [3.05, 3.63) is 29.8 Å². The third kappa shape index (κ3) is 4.34. The second-order valence-electron chi connectivity index (χ2n) is 4.82. The first-order chi connectivity index (χ1) is 8.72. The topological polar surface area (TPSA) is 21.3 Å². The minimum atomic E-state index is 0.435. The molecule has 0 amide bonds. The van der Waals surface area contributed by atoms with Gasteiger partial charge in [-0.1, -0.05) is 52.3 Å². The maximum Gasteiger partial charge on any atom is 0.122 e. The lowest BCUT2D eigenvalue weighted by molar-refractivity contribution is 0.221. The third-order valence-electron chi connectivity index (χ3n) is 3.57. The predicted molar refractivity (Wildman–Crippen MR) is 78.2 cm³/mol. The highest BCUT2D eigenvalue weighted by molar-refractivity contribution is 5.33. The first-order valence-corrected chi connectivity index (χ1v) is 7.16. The van der Waals surface area contributed by atoms with Gasteiger partial charge in [0.05, 0.1) is 0 Å². The summed E-state index contributed by atoms with van der Waals surface area (Å²) in [6.07, 6.45) is 2.20. The van der Waals surface area contributed by atoms with Crippen molar-refractivity contribution < 1.29 is 4.74 Å². The Bertz CT molecular complexity index is 338. The summed E-state index contributed by atoms with van der Waals surface area (Å²) in [5.41, 5.74) is 1.29. The zero-order chi connectivity index (χ0) is 13.4. The minimum Gasteiger partial charge on any atom is -0.492 e. The molecule has 102 valence electrons. The van der Waals surface area contributed by atoms with E-state index in [9.17, 15) is 0 Å². The third-order valence-corrected chi connectivity index (χ3v) is 3.57. The Kier molecular flexibility index (Phi) is 6.81. The van der Waals surface area contributed by atoms with Crippen molar-refractivity contribution >= 4 is 0 Å². The number of ether oxygens (including phenoxy) is 1. The molecule has 0 aliphatic rings. The van der Waals surface area contributed by atoms with E-state index in [1.165, 1.54) is 12.0 Å². The van der Waals surface area contributed by atoms with Gasteiger partial charge in [-0.2, -0.15) is 0 Å². The highest BCUT2D eigenvalue weighted by atomic mass is 16.5. The van der Waals surface area contributed by atoms with Crippen LogP contribution in [0.5, 0.6) is 5.75 Å². The van der Waals surface area contributed by atoms with E-state index in [0.29, 0.717) is 12.0 Å². The quantitative estimate of drug-likeness (QED) is 0.759. The molecule has 2 atom stereocenters. The number of hydrogen-bond donors (Lipinski definition) is 1. The maximum absolute atomic E-state index is 6.00.